The number of benzene rings is 2. The molecule has 0 bridgehead atoms. The molecular weight excluding hydrogens is 334 g/mol. The Labute approximate surface area is 152 Å². The Morgan fingerprint density at radius 2 is 1.58 bits per heavy atom. The van der Waals surface area contributed by atoms with Crippen LogP contribution >= 0.6 is 0 Å². The highest BCUT2D eigenvalue weighted by molar-refractivity contribution is 5.68. The fourth-order valence-corrected chi connectivity index (χ4v) is 2.33. The fourth-order valence-electron chi connectivity index (χ4n) is 2.33. The SMILES string of the molecule is Cc1cc(N=Nc2ccccc2)c(NC[C@H](O)[C@H](O)[C@@H](O)CO)cc1C. The number of aliphatic hydroxyl groups excluding tert-OH is 4. The van der Waals surface area contributed by atoms with Gasteiger partial charge in [-0.15, -0.1) is 5.11 Å². The molecule has 0 aliphatic rings. The Balaban J connectivity index is 2.17. The smallest absolute Gasteiger partial charge is 0.110 e. The first-order valence-corrected chi connectivity index (χ1v) is 8.39. The number of aliphatic hydroxyl groups is 4. The fraction of sp³-hybridized carbons (Fsp3) is 0.368. The van der Waals surface area contributed by atoms with Crippen LogP contribution in [0.15, 0.2) is 52.7 Å². The number of nitrogens with zero attached hydrogens (tertiary/aromatic N) is 2. The number of hydrogen-bond donors (Lipinski definition) is 5. The molecule has 0 amide bonds. The Morgan fingerprint density at radius 1 is 0.923 bits per heavy atom. The lowest BCUT2D eigenvalue weighted by Crippen LogP contribution is -2.42. The summed E-state index contributed by atoms with van der Waals surface area (Å²) in [5.74, 6) is 0. The lowest BCUT2D eigenvalue weighted by atomic mass is 10.1. The molecule has 140 valence electrons. The van der Waals surface area contributed by atoms with Gasteiger partial charge in [0.05, 0.1) is 24.1 Å². The molecule has 2 aromatic carbocycles. The van der Waals surface area contributed by atoms with Crippen LogP contribution in [0.3, 0.4) is 0 Å². The lowest BCUT2D eigenvalue weighted by Gasteiger charge is -2.22. The summed E-state index contributed by atoms with van der Waals surface area (Å²) < 4.78 is 0. The van der Waals surface area contributed by atoms with Gasteiger partial charge in [0.2, 0.25) is 0 Å². The molecule has 0 fully saturated rings. The number of rotatable bonds is 8. The molecule has 0 saturated carbocycles. The highest BCUT2D eigenvalue weighted by atomic mass is 16.4. The van der Waals surface area contributed by atoms with Gasteiger partial charge in [-0.25, -0.2) is 0 Å². The molecule has 7 heteroatoms. The first-order chi connectivity index (χ1) is 12.4. The molecule has 0 spiro atoms. The van der Waals surface area contributed by atoms with Gasteiger partial charge >= 0.3 is 0 Å². The second-order valence-corrected chi connectivity index (χ2v) is 6.18. The minimum absolute atomic E-state index is 0.0193. The molecule has 5 N–H and O–H groups in total. The van der Waals surface area contributed by atoms with E-state index >= 15 is 0 Å². The van der Waals surface area contributed by atoms with Crippen molar-refractivity contribution in [2.75, 3.05) is 18.5 Å². The van der Waals surface area contributed by atoms with Crippen molar-refractivity contribution in [3.63, 3.8) is 0 Å². The predicted octanol–water partition coefficient (Wildman–Crippen LogP) is 2.21. The molecule has 0 unspecified atom stereocenters. The van der Waals surface area contributed by atoms with E-state index in [1.54, 1.807) is 0 Å². The van der Waals surface area contributed by atoms with E-state index in [9.17, 15) is 15.3 Å². The van der Waals surface area contributed by atoms with Crippen molar-refractivity contribution in [1.29, 1.82) is 0 Å². The monoisotopic (exact) mass is 359 g/mol. The number of nitrogens with one attached hydrogen (secondary N) is 1. The van der Waals surface area contributed by atoms with Crippen molar-refractivity contribution in [3.05, 3.63) is 53.6 Å². The minimum atomic E-state index is -1.45. The number of azo groups is 1. The molecule has 0 aliphatic heterocycles. The lowest BCUT2D eigenvalue weighted by molar-refractivity contribution is -0.0715. The molecular formula is C19H25N3O4. The van der Waals surface area contributed by atoms with E-state index in [1.165, 1.54) is 0 Å². The number of aryl methyl sites for hydroxylation is 2. The van der Waals surface area contributed by atoms with Gasteiger partial charge in [0, 0.05) is 6.54 Å². The van der Waals surface area contributed by atoms with E-state index in [2.05, 4.69) is 15.5 Å². The summed E-state index contributed by atoms with van der Waals surface area (Å²) in [6, 6.07) is 13.1. The van der Waals surface area contributed by atoms with Gasteiger partial charge in [0.25, 0.3) is 0 Å². The van der Waals surface area contributed by atoms with Gasteiger partial charge < -0.3 is 25.7 Å². The first kappa shape index (κ1) is 20.0. The summed E-state index contributed by atoms with van der Waals surface area (Å²) in [6.45, 7) is 3.28. The molecule has 3 atom stereocenters. The van der Waals surface area contributed by atoms with Crippen LogP contribution in [0, 0.1) is 13.8 Å². The molecule has 2 rings (SSSR count). The van der Waals surface area contributed by atoms with Gasteiger partial charge in [-0.05, 0) is 49.2 Å². The van der Waals surface area contributed by atoms with E-state index in [-0.39, 0.29) is 6.54 Å². The van der Waals surface area contributed by atoms with Crippen molar-refractivity contribution in [2.24, 2.45) is 10.2 Å². The maximum Gasteiger partial charge on any atom is 0.110 e. The van der Waals surface area contributed by atoms with Crippen molar-refractivity contribution in [1.82, 2.24) is 0 Å². The van der Waals surface area contributed by atoms with Crippen LogP contribution in [0.5, 0.6) is 0 Å². The summed E-state index contributed by atoms with van der Waals surface area (Å²) >= 11 is 0. The summed E-state index contributed by atoms with van der Waals surface area (Å²) in [4.78, 5) is 0. The first-order valence-electron chi connectivity index (χ1n) is 8.39. The third kappa shape index (κ3) is 5.34. The summed E-state index contributed by atoms with van der Waals surface area (Å²) in [5.41, 5.74) is 4.06. The zero-order valence-electron chi connectivity index (χ0n) is 14.9. The molecule has 0 heterocycles. The molecule has 26 heavy (non-hydrogen) atoms. The van der Waals surface area contributed by atoms with E-state index in [4.69, 9.17) is 5.11 Å². The largest absolute Gasteiger partial charge is 0.394 e. The van der Waals surface area contributed by atoms with E-state index in [1.807, 2.05) is 56.3 Å². The molecule has 0 radical (unpaired) electrons. The Hall–Kier alpha value is -2.32. The third-order valence-corrected chi connectivity index (χ3v) is 4.12. The summed E-state index contributed by atoms with van der Waals surface area (Å²) in [5, 5.41) is 49.5. The molecule has 0 aromatic heterocycles. The van der Waals surface area contributed by atoms with Gasteiger partial charge in [-0.3, -0.25) is 0 Å². The molecule has 0 aliphatic carbocycles. The van der Waals surface area contributed by atoms with Crippen molar-refractivity contribution < 1.29 is 20.4 Å². The third-order valence-electron chi connectivity index (χ3n) is 4.12. The Kier molecular flexibility index (Phi) is 7.23. The Bertz CT molecular complexity index is 737. The highest BCUT2D eigenvalue weighted by Gasteiger charge is 2.24. The maximum absolute atomic E-state index is 9.97. The average molecular weight is 359 g/mol. The van der Waals surface area contributed by atoms with Crippen LogP contribution in [0.4, 0.5) is 17.1 Å². The molecule has 2 aromatic rings. The van der Waals surface area contributed by atoms with Crippen LogP contribution in [0.2, 0.25) is 0 Å². The quantitative estimate of drug-likeness (QED) is 0.463. The second-order valence-electron chi connectivity index (χ2n) is 6.18. The van der Waals surface area contributed by atoms with Crippen LogP contribution in [0.25, 0.3) is 0 Å². The summed E-state index contributed by atoms with van der Waals surface area (Å²) in [6.07, 6.45) is -4.10. The standard InChI is InChI=1S/C19H25N3O4/c1-12-8-15(20-10-17(24)19(26)18(25)11-23)16(9-13(12)2)22-21-14-6-4-3-5-7-14/h3-9,17-20,23-26H,10-11H2,1-2H3/t17-,18-,19-/m0/s1. The van der Waals surface area contributed by atoms with Crippen LogP contribution in [-0.2, 0) is 0 Å². The van der Waals surface area contributed by atoms with E-state index in [0.717, 1.165) is 16.8 Å². The molecule has 7 nitrogen and oxygen atoms in total. The molecule has 0 saturated heterocycles. The van der Waals surface area contributed by atoms with Crippen LogP contribution < -0.4 is 5.32 Å². The van der Waals surface area contributed by atoms with Crippen LogP contribution in [-0.4, -0.2) is 51.9 Å². The number of anilines is 1. The van der Waals surface area contributed by atoms with Gasteiger partial charge in [-0.2, -0.15) is 5.11 Å². The van der Waals surface area contributed by atoms with Crippen molar-refractivity contribution in [3.8, 4) is 0 Å². The highest BCUT2D eigenvalue weighted by Crippen LogP contribution is 2.30. The average Bonchev–Trinajstić information content (AvgIpc) is 2.66. The Morgan fingerprint density at radius 3 is 2.23 bits per heavy atom. The van der Waals surface area contributed by atoms with Crippen molar-refractivity contribution in [2.45, 2.75) is 32.2 Å². The van der Waals surface area contributed by atoms with Gasteiger partial charge in [-0.1, -0.05) is 18.2 Å². The topological polar surface area (TPSA) is 118 Å². The number of hydrogen-bond acceptors (Lipinski definition) is 7. The second kappa shape index (κ2) is 9.40. The zero-order chi connectivity index (χ0) is 19.1. The predicted molar refractivity (Wildman–Crippen MR) is 100 cm³/mol. The van der Waals surface area contributed by atoms with Crippen molar-refractivity contribution >= 4 is 17.1 Å². The minimum Gasteiger partial charge on any atom is -0.394 e. The normalized spacial score (nSPS) is 15.0. The van der Waals surface area contributed by atoms with E-state index < -0.39 is 24.9 Å². The van der Waals surface area contributed by atoms with Crippen LogP contribution in [0.1, 0.15) is 11.1 Å². The summed E-state index contributed by atoms with van der Waals surface area (Å²) in [7, 11) is 0. The van der Waals surface area contributed by atoms with Gasteiger partial charge in [0.15, 0.2) is 0 Å². The van der Waals surface area contributed by atoms with E-state index in [0.29, 0.717) is 11.4 Å². The van der Waals surface area contributed by atoms with Gasteiger partial charge in [0.1, 0.15) is 17.9 Å². The zero-order valence-corrected chi connectivity index (χ0v) is 14.9. The maximum atomic E-state index is 9.97.